The Morgan fingerprint density at radius 2 is 1.85 bits per heavy atom. The van der Waals surface area contributed by atoms with Crippen molar-refractivity contribution in [3.8, 4) is 17.2 Å². The number of hydrogen-bond acceptors (Lipinski definition) is 7. The lowest BCUT2D eigenvalue weighted by atomic mass is 10.1. The molecular formula is C28H31ClN4O6. The maximum absolute atomic E-state index is 12.8. The van der Waals surface area contributed by atoms with Crippen molar-refractivity contribution >= 4 is 29.3 Å². The summed E-state index contributed by atoms with van der Waals surface area (Å²) in [5.74, 6) is 0.289. The highest BCUT2D eigenvalue weighted by molar-refractivity contribution is 6.31. The number of carbonyl (C=O) groups excluding carboxylic acids is 1. The summed E-state index contributed by atoms with van der Waals surface area (Å²) < 4.78 is 17.1. The molecule has 0 saturated carbocycles. The van der Waals surface area contributed by atoms with Crippen LogP contribution in [0, 0.1) is 13.8 Å². The third-order valence-electron chi connectivity index (χ3n) is 6.22. The molecule has 11 heteroatoms. The molecule has 0 bridgehead atoms. The number of urea groups is 1. The lowest BCUT2D eigenvalue weighted by Gasteiger charge is -2.26. The van der Waals surface area contributed by atoms with Crippen LogP contribution in [0.5, 0.6) is 17.2 Å². The van der Waals surface area contributed by atoms with Crippen LogP contribution in [0.25, 0.3) is 0 Å². The average molecular weight is 555 g/mol. The molecule has 2 heterocycles. The first-order valence-electron chi connectivity index (χ1n) is 12.5. The van der Waals surface area contributed by atoms with Crippen molar-refractivity contribution in [2.24, 2.45) is 0 Å². The van der Waals surface area contributed by atoms with Gasteiger partial charge in [0.15, 0.2) is 5.69 Å². The molecule has 1 saturated heterocycles. The SMILES string of the molecule is Cc1cc(NC(=O)NCc2ccc(Oc3ccnc(C(=O)O)c3)cc2C)c(OCCN2CCOCC2)cc1Cl. The van der Waals surface area contributed by atoms with Gasteiger partial charge in [-0.05, 0) is 54.8 Å². The van der Waals surface area contributed by atoms with Crippen LogP contribution in [-0.2, 0) is 11.3 Å². The Morgan fingerprint density at radius 1 is 1.08 bits per heavy atom. The van der Waals surface area contributed by atoms with Crippen LogP contribution >= 0.6 is 11.6 Å². The van der Waals surface area contributed by atoms with Gasteiger partial charge in [-0.2, -0.15) is 0 Å². The maximum Gasteiger partial charge on any atom is 0.354 e. The van der Waals surface area contributed by atoms with Crippen molar-refractivity contribution < 1.29 is 28.9 Å². The molecule has 0 unspecified atom stereocenters. The Kier molecular flexibility index (Phi) is 9.59. The molecule has 0 atom stereocenters. The van der Waals surface area contributed by atoms with E-state index in [0.29, 0.717) is 34.6 Å². The van der Waals surface area contributed by atoms with Crippen molar-refractivity contribution in [3.63, 3.8) is 0 Å². The summed E-state index contributed by atoms with van der Waals surface area (Å²) in [7, 11) is 0. The molecule has 0 aliphatic carbocycles. The Labute approximate surface area is 231 Å². The van der Waals surface area contributed by atoms with Gasteiger partial charge >= 0.3 is 12.0 Å². The second-order valence-electron chi connectivity index (χ2n) is 9.08. The van der Waals surface area contributed by atoms with E-state index in [-0.39, 0.29) is 18.3 Å². The third-order valence-corrected chi connectivity index (χ3v) is 6.62. The van der Waals surface area contributed by atoms with Crippen LogP contribution in [0.15, 0.2) is 48.7 Å². The van der Waals surface area contributed by atoms with Gasteiger partial charge in [0.25, 0.3) is 0 Å². The molecule has 3 aromatic rings. The maximum atomic E-state index is 12.8. The van der Waals surface area contributed by atoms with Gasteiger partial charge in [-0.25, -0.2) is 14.6 Å². The zero-order valence-corrected chi connectivity index (χ0v) is 22.6. The van der Waals surface area contributed by atoms with E-state index in [1.165, 1.54) is 12.3 Å². The number of rotatable bonds is 10. The molecule has 1 aliphatic rings. The largest absolute Gasteiger partial charge is 0.490 e. The van der Waals surface area contributed by atoms with Crippen LogP contribution in [0.1, 0.15) is 27.2 Å². The van der Waals surface area contributed by atoms with Crippen molar-refractivity contribution in [1.82, 2.24) is 15.2 Å². The fourth-order valence-corrected chi connectivity index (χ4v) is 4.14. The number of carboxylic acid groups (broad SMARTS) is 1. The Bertz CT molecular complexity index is 1330. The molecule has 2 aromatic carbocycles. The Hall–Kier alpha value is -3.86. The molecule has 0 radical (unpaired) electrons. The first-order valence-corrected chi connectivity index (χ1v) is 12.9. The highest BCUT2D eigenvalue weighted by Gasteiger charge is 2.14. The number of benzene rings is 2. The van der Waals surface area contributed by atoms with E-state index in [1.807, 2.05) is 26.0 Å². The standard InChI is InChI=1S/C28H31ClN4O6/c1-18-13-21(39-22-5-6-30-25(15-22)27(34)35)4-3-20(18)17-31-28(36)32-24-14-19(2)23(29)16-26(24)38-12-9-33-7-10-37-11-8-33/h3-6,13-16H,7-12,17H2,1-2H3,(H,34,35)(H2,31,32,36). The second kappa shape index (κ2) is 13.3. The molecule has 1 aliphatic heterocycles. The number of aryl methyl sites for hydroxylation is 2. The van der Waals surface area contributed by atoms with Gasteiger partial charge in [-0.15, -0.1) is 0 Å². The van der Waals surface area contributed by atoms with Crippen LogP contribution in [-0.4, -0.2) is 66.4 Å². The number of nitrogens with one attached hydrogen (secondary N) is 2. The van der Waals surface area contributed by atoms with Crippen molar-refractivity contribution in [2.45, 2.75) is 20.4 Å². The molecule has 206 valence electrons. The van der Waals surface area contributed by atoms with Gasteiger partial charge in [-0.3, -0.25) is 4.90 Å². The van der Waals surface area contributed by atoms with E-state index in [4.69, 9.17) is 30.9 Å². The third kappa shape index (κ3) is 8.06. The lowest BCUT2D eigenvalue weighted by Crippen LogP contribution is -2.38. The zero-order chi connectivity index (χ0) is 27.8. The second-order valence-corrected chi connectivity index (χ2v) is 9.49. The summed E-state index contributed by atoms with van der Waals surface area (Å²) in [5.41, 5.74) is 3.05. The summed E-state index contributed by atoms with van der Waals surface area (Å²) in [4.78, 5) is 29.9. The first kappa shape index (κ1) is 28.2. The molecule has 3 N–H and O–H groups in total. The molecule has 1 aromatic heterocycles. The van der Waals surface area contributed by atoms with Crippen molar-refractivity contribution in [3.05, 3.63) is 76.1 Å². The van der Waals surface area contributed by atoms with Crippen LogP contribution in [0.3, 0.4) is 0 Å². The quantitative estimate of drug-likeness (QED) is 0.324. The number of aromatic carboxylic acids is 1. The molecular weight excluding hydrogens is 524 g/mol. The highest BCUT2D eigenvalue weighted by atomic mass is 35.5. The number of aromatic nitrogens is 1. The average Bonchev–Trinajstić information content (AvgIpc) is 2.91. The minimum Gasteiger partial charge on any atom is -0.490 e. The van der Waals surface area contributed by atoms with Gasteiger partial charge in [-0.1, -0.05) is 17.7 Å². The normalized spacial score (nSPS) is 13.5. The summed E-state index contributed by atoms with van der Waals surface area (Å²) in [5, 5.41) is 15.4. The number of carboxylic acids is 1. The van der Waals surface area contributed by atoms with Gasteiger partial charge in [0, 0.05) is 49.5 Å². The van der Waals surface area contributed by atoms with Gasteiger partial charge in [0.1, 0.15) is 23.9 Å². The van der Waals surface area contributed by atoms with Crippen molar-refractivity contribution in [1.29, 1.82) is 0 Å². The monoisotopic (exact) mass is 554 g/mol. The number of amides is 2. The minimum absolute atomic E-state index is 0.0994. The molecule has 2 amide bonds. The lowest BCUT2D eigenvalue weighted by molar-refractivity contribution is 0.0323. The number of anilines is 1. The van der Waals surface area contributed by atoms with Crippen LogP contribution in [0.2, 0.25) is 5.02 Å². The van der Waals surface area contributed by atoms with Crippen molar-refractivity contribution in [2.75, 3.05) is 44.8 Å². The van der Waals surface area contributed by atoms with E-state index in [9.17, 15) is 9.59 Å². The topological polar surface area (TPSA) is 122 Å². The Morgan fingerprint density at radius 3 is 2.59 bits per heavy atom. The molecule has 0 spiro atoms. The zero-order valence-electron chi connectivity index (χ0n) is 21.8. The predicted octanol–water partition coefficient (Wildman–Crippen LogP) is 4.88. The number of ether oxygens (including phenoxy) is 3. The number of nitrogens with zero attached hydrogens (tertiary/aromatic N) is 2. The number of pyridine rings is 1. The molecule has 1 fully saturated rings. The smallest absolute Gasteiger partial charge is 0.354 e. The highest BCUT2D eigenvalue weighted by Crippen LogP contribution is 2.31. The van der Waals surface area contributed by atoms with Gasteiger partial charge in [0.05, 0.1) is 18.9 Å². The fraction of sp³-hybridized carbons (Fsp3) is 0.321. The van der Waals surface area contributed by atoms with E-state index < -0.39 is 5.97 Å². The Balaban J connectivity index is 1.33. The number of hydrogen-bond donors (Lipinski definition) is 3. The molecule has 10 nitrogen and oxygen atoms in total. The van der Waals surface area contributed by atoms with E-state index in [0.717, 1.165) is 49.5 Å². The number of morpholine rings is 1. The predicted molar refractivity (Wildman–Crippen MR) is 147 cm³/mol. The molecule has 4 rings (SSSR count). The van der Waals surface area contributed by atoms with Gasteiger partial charge in [0.2, 0.25) is 0 Å². The summed E-state index contributed by atoms with van der Waals surface area (Å²) in [6.45, 7) is 8.44. The van der Waals surface area contributed by atoms with E-state index >= 15 is 0 Å². The number of halogens is 1. The molecule has 39 heavy (non-hydrogen) atoms. The van der Waals surface area contributed by atoms with E-state index in [1.54, 1.807) is 24.3 Å². The number of carbonyl (C=O) groups is 2. The van der Waals surface area contributed by atoms with Crippen LogP contribution < -0.4 is 20.1 Å². The summed E-state index contributed by atoms with van der Waals surface area (Å²) in [6, 6.07) is 11.5. The summed E-state index contributed by atoms with van der Waals surface area (Å²) >= 11 is 6.32. The first-order chi connectivity index (χ1) is 18.8. The summed E-state index contributed by atoms with van der Waals surface area (Å²) in [6.07, 6.45) is 1.38. The van der Waals surface area contributed by atoms with Gasteiger partial charge < -0.3 is 30.0 Å². The minimum atomic E-state index is -1.13. The van der Waals surface area contributed by atoms with Crippen LogP contribution in [0.4, 0.5) is 10.5 Å². The fourth-order valence-electron chi connectivity index (χ4n) is 3.99. The van der Waals surface area contributed by atoms with E-state index in [2.05, 4.69) is 20.5 Å².